The number of carbonyl (C=O) groups excluding carboxylic acids is 2. The van der Waals surface area contributed by atoms with Crippen LogP contribution < -0.4 is 11.1 Å². The largest absolute Gasteiger partial charge is 0.369 e. The first kappa shape index (κ1) is 26.1. The number of anilines is 1. The van der Waals surface area contributed by atoms with E-state index in [-0.39, 0.29) is 24.3 Å². The fourth-order valence-electron chi connectivity index (χ4n) is 5.31. The van der Waals surface area contributed by atoms with Crippen molar-refractivity contribution >= 4 is 23.5 Å². The van der Waals surface area contributed by atoms with E-state index in [9.17, 15) is 18.4 Å². The van der Waals surface area contributed by atoms with Gasteiger partial charge in [-0.2, -0.15) is 0 Å². The molecule has 3 rings (SSSR count). The van der Waals surface area contributed by atoms with Gasteiger partial charge in [0.05, 0.1) is 6.54 Å². The van der Waals surface area contributed by atoms with Crippen molar-refractivity contribution in [1.82, 2.24) is 4.90 Å². The minimum atomic E-state index is -2.05. The van der Waals surface area contributed by atoms with Crippen LogP contribution in [-0.4, -0.2) is 40.6 Å². The summed E-state index contributed by atoms with van der Waals surface area (Å²) in [4.78, 5) is 32.1. The molecule has 0 fully saturated rings. The Hall–Kier alpha value is -2.51. The molecule has 3 N–H and O–H groups in total. The van der Waals surface area contributed by atoms with Crippen molar-refractivity contribution in [2.24, 2.45) is 28.5 Å². The minimum absolute atomic E-state index is 0.00409. The summed E-state index contributed by atoms with van der Waals surface area (Å²) in [6.07, 6.45) is 2.38. The van der Waals surface area contributed by atoms with E-state index < -0.39 is 22.8 Å². The van der Waals surface area contributed by atoms with Crippen molar-refractivity contribution in [3.63, 3.8) is 0 Å². The van der Waals surface area contributed by atoms with Gasteiger partial charge in [0, 0.05) is 11.6 Å². The molecule has 1 heterocycles. The molecule has 34 heavy (non-hydrogen) atoms. The van der Waals surface area contributed by atoms with Gasteiger partial charge in [-0.25, -0.2) is 13.8 Å². The maximum absolute atomic E-state index is 14.5. The van der Waals surface area contributed by atoms with Crippen LogP contribution in [0.4, 0.5) is 14.5 Å². The highest BCUT2D eigenvalue weighted by Crippen LogP contribution is 2.51. The summed E-state index contributed by atoms with van der Waals surface area (Å²) in [6.45, 7) is 11.5. The zero-order chi connectivity index (χ0) is 25.6. The number of aliphatic imine (C=N–C) groups is 1. The predicted molar refractivity (Wildman–Crippen MR) is 131 cm³/mol. The van der Waals surface area contributed by atoms with Gasteiger partial charge in [-0.3, -0.25) is 14.5 Å². The number of rotatable bonds is 8. The van der Waals surface area contributed by atoms with Gasteiger partial charge >= 0.3 is 0 Å². The number of alkyl halides is 2. The molecule has 2 aliphatic rings. The highest BCUT2D eigenvalue weighted by Gasteiger charge is 2.59. The predicted octanol–water partition coefficient (Wildman–Crippen LogP) is 4.72. The number of hydrogen-bond acceptors (Lipinski definition) is 4. The number of hydrogen-bond donors (Lipinski definition) is 2. The summed E-state index contributed by atoms with van der Waals surface area (Å²) in [6, 6.07) is 5.27. The number of nitrogens with one attached hydrogen (secondary N) is 1. The average molecular weight is 477 g/mol. The molecule has 188 valence electrons. The van der Waals surface area contributed by atoms with E-state index in [4.69, 9.17) is 10.7 Å². The standard InChI is InChI=1S/C26H38F2N4O2/c1-15(2)10-16(3)11-18-12-17-8-9-19(30-21(33)25(6,7)28)13-20(17)26(18)22(34)32(23(29)31-26)14-24(4,5)27/h8-9,13,15-16,18H,10-12,14H2,1-7H3,(H2,29,31)(H,30,33). The molecule has 0 radical (unpaired) electrons. The van der Waals surface area contributed by atoms with Gasteiger partial charge < -0.3 is 11.1 Å². The van der Waals surface area contributed by atoms with Crippen LogP contribution in [0, 0.1) is 17.8 Å². The van der Waals surface area contributed by atoms with Crippen LogP contribution in [0.15, 0.2) is 23.2 Å². The Bertz CT molecular complexity index is 993. The first-order chi connectivity index (χ1) is 15.5. The SMILES string of the molecule is CC(C)CC(C)CC1Cc2ccc(NC(=O)C(C)(C)F)cc2C12N=C(N)N(CC(C)(C)F)C2=O. The molecule has 2 amide bonds. The smallest absolute Gasteiger partial charge is 0.262 e. The Balaban J connectivity index is 2.05. The van der Waals surface area contributed by atoms with Crippen molar-refractivity contribution in [1.29, 1.82) is 0 Å². The van der Waals surface area contributed by atoms with Gasteiger partial charge in [-0.15, -0.1) is 0 Å². The summed E-state index contributed by atoms with van der Waals surface area (Å²) >= 11 is 0. The van der Waals surface area contributed by atoms with Crippen LogP contribution in [0.5, 0.6) is 0 Å². The molecule has 6 nitrogen and oxygen atoms in total. The van der Waals surface area contributed by atoms with Crippen LogP contribution in [0.2, 0.25) is 0 Å². The van der Waals surface area contributed by atoms with E-state index in [1.165, 1.54) is 32.6 Å². The first-order valence-corrected chi connectivity index (χ1v) is 12.0. The van der Waals surface area contributed by atoms with Crippen molar-refractivity contribution in [2.45, 2.75) is 84.6 Å². The monoisotopic (exact) mass is 476 g/mol. The minimum Gasteiger partial charge on any atom is -0.369 e. The second kappa shape index (κ2) is 8.93. The normalized spacial score (nSPS) is 23.5. The first-order valence-electron chi connectivity index (χ1n) is 12.0. The molecule has 1 aliphatic carbocycles. The molecule has 0 saturated heterocycles. The summed E-state index contributed by atoms with van der Waals surface area (Å²) < 4.78 is 28.7. The van der Waals surface area contributed by atoms with Crippen molar-refractivity contribution in [3.8, 4) is 0 Å². The molecule has 0 aromatic heterocycles. The number of nitrogens with zero attached hydrogens (tertiary/aromatic N) is 2. The lowest BCUT2D eigenvalue weighted by Crippen LogP contribution is -2.49. The molecule has 1 aromatic carbocycles. The average Bonchev–Trinajstić information content (AvgIpc) is 3.09. The number of amides is 2. The van der Waals surface area contributed by atoms with E-state index in [1.54, 1.807) is 12.1 Å². The zero-order valence-electron chi connectivity index (χ0n) is 21.3. The maximum Gasteiger partial charge on any atom is 0.262 e. The molecule has 1 aliphatic heterocycles. The van der Waals surface area contributed by atoms with Crippen LogP contribution in [-0.2, 0) is 21.5 Å². The van der Waals surface area contributed by atoms with Gasteiger partial charge in [-0.05, 0) is 82.1 Å². The number of halogens is 2. The van der Waals surface area contributed by atoms with E-state index in [0.29, 0.717) is 29.5 Å². The lowest BCUT2D eigenvalue weighted by molar-refractivity contribution is -0.134. The molecule has 3 unspecified atom stereocenters. The van der Waals surface area contributed by atoms with Crippen LogP contribution in [0.1, 0.15) is 72.4 Å². The highest BCUT2D eigenvalue weighted by molar-refractivity contribution is 6.08. The van der Waals surface area contributed by atoms with Crippen molar-refractivity contribution in [2.75, 3.05) is 11.9 Å². The van der Waals surface area contributed by atoms with Crippen LogP contribution >= 0.6 is 0 Å². The summed E-state index contributed by atoms with van der Waals surface area (Å²) in [5, 5.41) is 2.60. The molecule has 0 saturated carbocycles. The topological polar surface area (TPSA) is 87.8 Å². The third-order valence-electron chi connectivity index (χ3n) is 6.61. The Morgan fingerprint density at radius 3 is 2.47 bits per heavy atom. The second-order valence-corrected chi connectivity index (χ2v) is 11.5. The molecular formula is C26H38F2N4O2. The number of nitrogens with two attached hydrogens (primary N) is 1. The fraction of sp³-hybridized carbons (Fsp3) is 0.654. The Morgan fingerprint density at radius 2 is 1.91 bits per heavy atom. The van der Waals surface area contributed by atoms with Crippen molar-refractivity contribution < 1.29 is 18.4 Å². The number of carbonyl (C=O) groups is 2. The number of benzene rings is 1. The summed E-state index contributed by atoms with van der Waals surface area (Å²) in [5.74, 6) is -0.410. The van der Waals surface area contributed by atoms with Gasteiger partial charge in [0.2, 0.25) is 0 Å². The van der Waals surface area contributed by atoms with E-state index in [0.717, 1.165) is 18.4 Å². The molecular weight excluding hydrogens is 438 g/mol. The third-order valence-corrected chi connectivity index (χ3v) is 6.61. The maximum atomic E-state index is 14.5. The van der Waals surface area contributed by atoms with Crippen LogP contribution in [0.3, 0.4) is 0 Å². The van der Waals surface area contributed by atoms with E-state index >= 15 is 0 Å². The number of fused-ring (bicyclic) bond motifs is 2. The second-order valence-electron chi connectivity index (χ2n) is 11.5. The van der Waals surface area contributed by atoms with Gasteiger partial charge in [0.1, 0.15) is 5.67 Å². The highest BCUT2D eigenvalue weighted by atomic mass is 19.1. The van der Waals surface area contributed by atoms with E-state index in [1.807, 2.05) is 6.07 Å². The summed E-state index contributed by atoms with van der Waals surface area (Å²) in [7, 11) is 0. The van der Waals surface area contributed by atoms with Gasteiger partial charge in [0.15, 0.2) is 17.2 Å². The molecule has 8 heteroatoms. The van der Waals surface area contributed by atoms with E-state index in [2.05, 4.69) is 26.1 Å². The summed E-state index contributed by atoms with van der Waals surface area (Å²) in [5.41, 5.74) is 3.20. The van der Waals surface area contributed by atoms with Gasteiger partial charge in [-0.1, -0.05) is 26.8 Å². The zero-order valence-corrected chi connectivity index (χ0v) is 21.3. The molecule has 3 atom stereocenters. The Labute approximate surface area is 201 Å². The third kappa shape index (κ3) is 5.10. The van der Waals surface area contributed by atoms with Crippen LogP contribution in [0.25, 0.3) is 0 Å². The fourth-order valence-corrected chi connectivity index (χ4v) is 5.31. The lowest BCUT2D eigenvalue weighted by atomic mass is 9.77. The molecule has 1 spiro atoms. The Kier molecular flexibility index (Phi) is 6.86. The Morgan fingerprint density at radius 1 is 1.26 bits per heavy atom. The molecule has 0 bridgehead atoms. The lowest BCUT2D eigenvalue weighted by Gasteiger charge is -2.32. The molecule has 1 aromatic rings. The van der Waals surface area contributed by atoms with Gasteiger partial charge in [0.25, 0.3) is 11.8 Å². The van der Waals surface area contributed by atoms with Crippen molar-refractivity contribution in [3.05, 3.63) is 29.3 Å². The quantitative estimate of drug-likeness (QED) is 0.569. The number of guanidine groups is 1.